The van der Waals surface area contributed by atoms with Crippen molar-refractivity contribution in [3.8, 4) is 11.8 Å². The van der Waals surface area contributed by atoms with Crippen LogP contribution in [0.25, 0.3) is 0 Å². The number of carboxylic acid groups (broad SMARTS) is 1. The molecule has 0 aliphatic carbocycles. The largest absolute Gasteiger partial charge is 0.472 e. The Labute approximate surface area is 222 Å². The summed E-state index contributed by atoms with van der Waals surface area (Å²) in [5.41, 5.74) is 2.53. The second kappa shape index (κ2) is 17.1. The number of ether oxygens (including phenoxy) is 3. The van der Waals surface area contributed by atoms with Crippen LogP contribution in [0.5, 0.6) is 0 Å². The maximum Gasteiger partial charge on any atom is 0.381 e. The molecule has 2 aliphatic rings. The van der Waals surface area contributed by atoms with Crippen LogP contribution in [0.1, 0.15) is 65.2 Å². The van der Waals surface area contributed by atoms with Crippen LogP contribution in [0, 0.1) is 17.8 Å². The van der Waals surface area contributed by atoms with Crippen molar-refractivity contribution in [2.75, 3.05) is 13.7 Å². The highest BCUT2D eigenvalue weighted by Crippen LogP contribution is 2.25. The number of aliphatic carboxylic acids is 1. The van der Waals surface area contributed by atoms with Crippen molar-refractivity contribution in [3.63, 3.8) is 0 Å². The predicted octanol–water partition coefficient (Wildman–Crippen LogP) is 5.54. The average molecular weight is 513 g/mol. The van der Waals surface area contributed by atoms with Crippen molar-refractivity contribution in [1.29, 1.82) is 0 Å². The summed E-state index contributed by atoms with van der Waals surface area (Å²) in [4.78, 5) is 10.5. The minimum absolute atomic E-state index is 0.0412. The molecule has 204 valence electrons. The zero-order valence-electron chi connectivity index (χ0n) is 22.6. The monoisotopic (exact) mass is 512 g/mol. The molecule has 0 amide bonds. The fourth-order valence-electron chi connectivity index (χ4n) is 4.62. The first-order valence-electron chi connectivity index (χ1n) is 13.3. The van der Waals surface area contributed by atoms with Gasteiger partial charge in [0, 0.05) is 19.5 Å². The second-order valence-corrected chi connectivity index (χ2v) is 10.1. The number of aliphatic hydroxyl groups is 1. The van der Waals surface area contributed by atoms with Crippen molar-refractivity contribution < 1.29 is 29.2 Å². The summed E-state index contributed by atoms with van der Waals surface area (Å²) < 4.78 is 17.2. The average Bonchev–Trinajstić information content (AvgIpc) is 2.84. The molecule has 0 aromatic heterocycles. The first-order chi connectivity index (χ1) is 17.8. The first-order valence-corrected chi connectivity index (χ1v) is 13.3. The molecule has 6 nitrogen and oxygen atoms in total. The van der Waals surface area contributed by atoms with Crippen LogP contribution in [-0.4, -0.2) is 60.4 Å². The number of carbonyl (C=O) groups is 1. The molecule has 0 aromatic rings. The van der Waals surface area contributed by atoms with E-state index in [0.717, 1.165) is 38.5 Å². The molecule has 2 N–H and O–H groups in total. The zero-order valence-corrected chi connectivity index (χ0v) is 22.6. The Morgan fingerprint density at radius 2 is 2.19 bits per heavy atom. The number of methoxy groups -OCH3 is 1. The molecule has 0 spiro atoms. The minimum atomic E-state index is -1.11. The fraction of sp³-hybridized carbons (Fsp3) is 0.581. The third-order valence-corrected chi connectivity index (χ3v) is 6.56. The Hall–Kier alpha value is -2.43. The zero-order chi connectivity index (χ0) is 27.0. The number of rotatable bonds is 14. The van der Waals surface area contributed by atoms with Gasteiger partial charge in [-0.2, -0.15) is 0 Å². The molecule has 0 radical (unpaired) electrons. The van der Waals surface area contributed by atoms with Crippen LogP contribution >= 0.6 is 0 Å². The smallest absolute Gasteiger partial charge is 0.381 e. The summed E-state index contributed by atoms with van der Waals surface area (Å²) in [5, 5.41) is 19.2. The van der Waals surface area contributed by atoms with Gasteiger partial charge in [0.05, 0.1) is 31.0 Å². The number of hydrogen-bond acceptors (Lipinski definition) is 5. The van der Waals surface area contributed by atoms with E-state index in [9.17, 15) is 9.90 Å². The molecule has 0 unspecified atom stereocenters. The number of carboxylic acids is 1. The van der Waals surface area contributed by atoms with E-state index in [2.05, 4.69) is 50.5 Å². The van der Waals surface area contributed by atoms with E-state index in [0.29, 0.717) is 25.4 Å². The lowest BCUT2D eigenvalue weighted by Crippen LogP contribution is -2.26. The molecule has 0 saturated heterocycles. The molecule has 6 heteroatoms. The summed E-state index contributed by atoms with van der Waals surface area (Å²) in [6.45, 7) is 9.20. The maximum absolute atomic E-state index is 10.5. The Balaban J connectivity index is 1.64. The predicted molar refractivity (Wildman–Crippen MR) is 147 cm³/mol. The highest BCUT2D eigenvalue weighted by Gasteiger charge is 2.20. The Morgan fingerprint density at radius 3 is 2.92 bits per heavy atom. The van der Waals surface area contributed by atoms with E-state index < -0.39 is 12.1 Å². The van der Waals surface area contributed by atoms with Gasteiger partial charge < -0.3 is 24.4 Å². The Bertz CT molecular complexity index is 902. The number of hydrogen-bond donors (Lipinski definition) is 2. The van der Waals surface area contributed by atoms with Crippen molar-refractivity contribution in [2.24, 2.45) is 5.92 Å². The van der Waals surface area contributed by atoms with E-state index in [1.54, 1.807) is 7.11 Å². The lowest BCUT2D eigenvalue weighted by Gasteiger charge is -2.27. The van der Waals surface area contributed by atoms with Gasteiger partial charge in [0.2, 0.25) is 0 Å². The summed E-state index contributed by atoms with van der Waals surface area (Å²) in [6, 6.07) is 0. The summed E-state index contributed by atoms with van der Waals surface area (Å²) in [6.07, 6.45) is 19.6. The van der Waals surface area contributed by atoms with Gasteiger partial charge in [-0.1, -0.05) is 73.1 Å². The van der Waals surface area contributed by atoms with Crippen LogP contribution in [0.15, 0.2) is 60.3 Å². The standard InChI is InChI=1S/C31H44O6/c1-23(20-25(3)22-28-13-8-11-26(37-28)12-9-15-31(33)34)10-6-5-7-14-29(32)30(35-4)17-16-27-21-24(2)18-19-36-27/h5,7-8,11,16-18,25-30,32H,1,6,10,12-14,19-22H2,2-4H3,(H,33,34)/b7-5+,17-16+/t25-,26-,27+,28-,29-,30-/m0/s1. The van der Waals surface area contributed by atoms with Crippen molar-refractivity contribution in [3.05, 3.63) is 60.3 Å². The Morgan fingerprint density at radius 1 is 1.38 bits per heavy atom. The van der Waals surface area contributed by atoms with Crippen molar-refractivity contribution in [2.45, 2.75) is 95.7 Å². The number of aliphatic hydroxyl groups excluding tert-OH is 1. The highest BCUT2D eigenvalue weighted by molar-refractivity contribution is 5.86. The van der Waals surface area contributed by atoms with Gasteiger partial charge in [-0.3, -0.25) is 0 Å². The molecule has 6 atom stereocenters. The normalized spacial score (nSPS) is 24.3. The van der Waals surface area contributed by atoms with Gasteiger partial charge in [-0.15, -0.1) is 0 Å². The van der Waals surface area contributed by atoms with Crippen LogP contribution in [0.3, 0.4) is 0 Å². The van der Waals surface area contributed by atoms with Crippen molar-refractivity contribution >= 4 is 5.97 Å². The van der Waals surface area contributed by atoms with Gasteiger partial charge in [-0.05, 0) is 57.8 Å². The summed E-state index contributed by atoms with van der Waals surface area (Å²) >= 11 is 0. The molecular formula is C31H44O6. The molecule has 0 bridgehead atoms. The van der Waals surface area contributed by atoms with Gasteiger partial charge >= 0.3 is 5.97 Å². The van der Waals surface area contributed by atoms with Gasteiger partial charge in [0.15, 0.2) is 0 Å². The SMILES string of the molecule is C=C(CC/C=C/C[C@H](O)[C@H](/C=C/[C@@H]1CC(C)=CCO1)OC)C[C@H](C)C[C@@H]1CC=C[C@@H](CC#CC(=O)O)O1. The number of allylic oxidation sites excluding steroid dienone is 2. The van der Waals surface area contributed by atoms with E-state index in [-0.39, 0.29) is 24.4 Å². The van der Waals surface area contributed by atoms with E-state index in [1.165, 1.54) is 11.1 Å². The van der Waals surface area contributed by atoms with Gasteiger partial charge in [0.25, 0.3) is 0 Å². The lowest BCUT2D eigenvalue weighted by molar-refractivity contribution is -0.130. The highest BCUT2D eigenvalue weighted by atomic mass is 16.5. The van der Waals surface area contributed by atoms with Crippen LogP contribution in [0.4, 0.5) is 0 Å². The van der Waals surface area contributed by atoms with Gasteiger partial charge in [-0.25, -0.2) is 4.79 Å². The van der Waals surface area contributed by atoms with E-state index >= 15 is 0 Å². The topological polar surface area (TPSA) is 85.2 Å². The molecule has 2 rings (SSSR count). The van der Waals surface area contributed by atoms with Gasteiger partial charge in [0.1, 0.15) is 6.10 Å². The Kier molecular flexibility index (Phi) is 14.3. The molecule has 2 heterocycles. The van der Waals surface area contributed by atoms with E-state index in [4.69, 9.17) is 19.3 Å². The fourth-order valence-corrected chi connectivity index (χ4v) is 4.62. The van der Waals surface area contributed by atoms with Crippen LogP contribution in [-0.2, 0) is 19.0 Å². The van der Waals surface area contributed by atoms with E-state index in [1.807, 2.05) is 24.3 Å². The van der Waals surface area contributed by atoms with Crippen molar-refractivity contribution in [1.82, 2.24) is 0 Å². The second-order valence-electron chi connectivity index (χ2n) is 10.1. The molecule has 0 saturated carbocycles. The molecular weight excluding hydrogens is 468 g/mol. The minimum Gasteiger partial charge on any atom is -0.472 e. The lowest BCUT2D eigenvalue weighted by atomic mass is 9.92. The summed E-state index contributed by atoms with van der Waals surface area (Å²) in [5.74, 6) is 4.13. The summed E-state index contributed by atoms with van der Waals surface area (Å²) in [7, 11) is 1.61. The third kappa shape index (κ3) is 13.1. The first kappa shape index (κ1) is 30.8. The molecule has 0 aromatic carbocycles. The van der Waals surface area contributed by atoms with Crippen LogP contribution in [0.2, 0.25) is 0 Å². The quantitative estimate of drug-likeness (QED) is 0.235. The third-order valence-electron chi connectivity index (χ3n) is 6.56. The van der Waals surface area contributed by atoms with Crippen LogP contribution < -0.4 is 0 Å². The maximum atomic E-state index is 10.5. The molecule has 37 heavy (non-hydrogen) atoms. The molecule has 0 fully saturated rings. The molecule has 2 aliphatic heterocycles.